The van der Waals surface area contributed by atoms with Gasteiger partial charge in [-0.15, -0.1) is 5.10 Å². The van der Waals surface area contributed by atoms with Crippen molar-refractivity contribution in [3.8, 4) is 11.4 Å². The lowest BCUT2D eigenvalue weighted by Crippen LogP contribution is -2.12. The number of fused-ring (bicyclic) bond motifs is 1. The Labute approximate surface area is 144 Å². The molecule has 8 nitrogen and oxygen atoms in total. The van der Waals surface area contributed by atoms with Gasteiger partial charge >= 0.3 is 5.97 Å². The minimum Gasteiger partial charge on any atom is -0.462 e. The predicted molar refractivity (Wildman–Crippen MR) is 92.7 cm³/mol. The first-order valence-corrected chi connectivity index (χ1v) is 7.78. The van der Waals surface area contributed by atoms with E-state index in [4.69, 9.17) is 4.74 Å². The lowest BCUT2D eigenvalue weighted by Gasteiger charge is -2.08. The van der Waals surface area contributed by atoms with Gasteiger partial charge in [-0.1, -0.05) is 0 Å². The molecule has 8 heteroatoms. The highest BCUT2D eigenvalue weighted by Crippen LogP contribution is 2.18. The van der Waals surface area contributed by atoms with E-state index in [-0.39, 0.29) is 6.61 Å². The maximum atomic E-state index is 12.3. The Morgan fingerprint density at radius 2 is 2.08 bits per heavy atom. The minimum atomic E-state index is -0.448. The maximum absolute atomic E-state index is 12.3. The Balaban J connectivity index is 2.17. The number of esters is 1. The summed E-state index contributed by atoms with van der Waals surface area (Å²) in [6, 6.07) is 3.63. The zero-order valence-corrected chi connectivity index (χ0v) is 14.2. The summed E-state index contributed by atoms with van der Waals surface area (Å²) < 4.78 is 6.66. The standard InChI is InChI=1S/C17H18N6O2/c1-4-25-16(24)13-11-19-17-20-15(12-5-8-18-9-6-12)21-23(17)14(13)7-10-22(2)3/h5-11H,4H2,1-3H3. The van der Waals surface area contributed by atoms with Crippen LogP contribution in [0.25, 0.3) is 23.2 Å². The Bertz CT molecular complexity index is 918. The van der Waals surface area contributed by atoms with E-state index in [9.17, 15) is 4.79 Å². The molecule has 0 aliphatic carbocycles. The Morgan fingerprint density at radius 3 is 2.76 bits per heavy atom. The molecule has 3 aromatic rings. The summed E-state index contributed by atoms with van der Waals surface area (Å²) in [4.78, 5) is 26.8. The van der Waals surface area contributed by atoms with Gasteiger partial charge in [0.15, 0.2) is 5.82 Å². The number of hydrogen-bond acceptors (Lipinski definition) is 7. The zero-order chi connectivity index (χ0) is 17.8. The number of carbonyl (C=O) groups is 1. The van der Waals surface area contributed by atoms with Gasteiger partial charge in [0.1, 0.15) is 5.56 Å². The topological polar surface area (TPSA) is 85.5 Å². The third kappa shape index (κ3) is 3.47. The second kappa shape index (κ2) is 7.08. The third-order valence-electron chi connectivity index (χ3n) is 3.37. The molecule has 0 atom stereocenters. The summed E-state index contributed by atoms with van der Waals surface area (Å²) in [7, 11) is 3.78. The second-order valence-electron chi connectivity index (χ2n) is 5.44. The van der Waals surface area contributed by atoms with Crippen LogP contribution in [0.15, 0.2) is 36.9 Å². The van der Waals surface area contributed by atoms with Crippen LogP contribution in [0.5, 0.6) is 0 Å². The van der Waals surface area contributed by atoms with Gasteiger partial charge in [-0.25, -0.2) is 9.78 Å². The lowest BCUT2D eigenvalue weighted by atomic mass is 10.2. The number of pyridine rings is 1. The van der Waals surface area contributed by atoms with Crippen LogP contribution >= 0.6 is 0 Å². The molecule has 3 aromatic heterocycles. The largest absolute Gasteiger partial charge is 0.462 e. The molecule has 0 N–H and O–H groups in total. The van der Waals surface area contributed by atoms with E-state index in [1.165, 1.54) is 6.20 Å². The van der Waals surface area contributed by atoms with Crippen LogP contribution < -0.4 is 0 Å². The van der Waals surface area contributed by atoms with Crippen molar-refractivity contribution < 1.29 is 9.53 Å². The van der Waals surface area contributed by atoms with E-state index in [0.717, 1.165) is 5.56 Å². The van der Waals surface area contributed by atoms with E-state index in [2.05, 4.69) is 20.1 Å². The first-order chi connectivity index (χ1) is 12.1. The lowest BCUT2D eigenvalue weighted by molar-refractivity contribution is 0.0525. The summed E-state index contributed by atoms with van der Waals surface area (Å²) >= 11 is 0. The summed E-state index contributed by atoms with van der Waals surface area (Å²) in [6.45, 7) is 2.05. The molecule has 0 unspecified atom stereocenters. The first-order valence-electron chi connectivity index (χ1n) is 7.78. The van der Waals surface area contributed by atoms with E-state index >= 15 is 0 Å². The molecule has 3 rings (SSSR count). The molecule has 0 bridgehead atoms. The molecular weight excluding hydrogens is 320 g/mol. The van der Waals surface area contributed by atoms with Gasteiger partial charge in [0.2, 0.25) is 0 Å². The average Bonchev–Trinajstić information content (AvgIpc) is 3.05. The molecule has 128 valence electrons. The Kier molecular flexibility index (Phi) is 4.69. The van der Waals surface area contributed by atoms with Gasteiger partial charge in [0, 0.05) is 44.4 Å². The number of hydrogen-bond donors (Lipinski definition) is 0. The van der Waals surface area contributed by atoms with Crippen LogP contribution in [0, 0.1) is 0 Å². The quantitative estimate of drug-likeness (QED) is 0.657. The fourth-order valence-corrected chi connectivity index (χ4v) is 2.22. The molecule has 0 radical (unpaired) electrons. The van der Waals surface area contributed by atoms with Crippen LogP contribution in [0.2, 0.25) is 0 Å². The van der Waals surface area contributed by atoms with E-state index in [1.807, 2.05) is 37.3 Å². The van der Waals surface area contributed by atoms with Gasteiger partial charge in [-0.3, -0.25) is 4.98 Å². The Morgan fingerprint density at radius 1 is 1.32 bits per heavy atom. The molecule has 0 aliphatic rings. The van der Waals surface area contributed by atoms with Crippen molar-refractivity contribution in [3.05, 3.63) is 48.2 Å². The summed E-state index contributed by atoms with van der Waals surface area (Å²) in [5.74, 6) is 0.463. The molecule has 3 heterocycles. The summed E-state index contributed by atoms with van der Waals surface area (Å²) in [5.41, 5.74) is 1.71. The van der Waals surface area contributed by atoms with Crippen molar-refractivity contribution in [2.75, 3.05) is 20.7 Å². The summed E-state index contributed by atoms with van der Waals surface area (Å²) in [5, 5.41) is 4.50. The third-order valence-corrected chi connectivity index (χ3v) is 3.37. The SMILES string of the molecule is CCOC(=O)c1cnc2nc(-c3ccncc3)nn2c1C=CN(C)C. The van der Waals surface area contributed by atoms with Crippen molar-refractivity contribution in [2.45, 2.75) is 6.92 Å². The molecule has 0 saturated heterocycles. The average molecular weight is 338 g/mol. The second-order valence-corrected chi connectivity index (χ2v) is 5.44. The molecule has 0 aromatic carbocycles. The van der Waals surface area contributed by atoms with Crippen LogP contribution in [-0.4, -0.2) is 56.1 Å². The van der Waals surface area contributed by atoms with E-state index < -0.39 is 5.97 Å². The van der Waals surface area contributed by atoms with Crippen LogP contribution in [-0.2, 0) is 4.74 Å². The molecule has 25 heavy (non-hydrogen) atoms. The van der Waals surface area contributed by atoms with Crippen molar-refractivity contribution in [1.82, 2.24) is 29.5 Å². The van der Waals surface area contributed by atoms with E-state index in [1.54, 1.807) is 29.9 Å². The normalized spacial score (nSPS) is 11.2. The van der Waals surface area contributed by atoms with Crippen molar-refractivity contribution in [3.63, 3.8) is 0 Å². The zero-order valence-electron chi connectivity index (χ0n) is 14.2. The fourth-order valence-electron chi connectivity index (χ4n) is 2.22. The van der Waals surface area contributed by atoms with Crippen LogP contribution in [0.3, 0.4) is 0 Å². The molecular formula is C17H18N6O2. The Hall–Kier alpha value is -3.29. The smallest absolute Gasteiger partial charge is 0.341 e. The maximum Gasteiger partial charge on any atom is 0.341 e. The molecule has 0 fully saturated rings. The predicted octanol–water partition coefficient (Wildman–Crippen LogP) is 1.90. The van der Waals surface area contributed by atoms with Crippen LogP contribution in [0.1, 0.15) is 23.0 Å². The molecule has 0 spiro atoms. The minimum absolute atomic E-state index is 0.285. The molecule has 0 amide bonds. The van der Waals surface area contributed by atoms with Crippen molar-refractivity contribution in [1.29, 1.82) is 0 Å². The van der Waals surface area contributed by atoms with Crippen LogP contribution in [0.4, 0.5) is 0 Å². The van der Waals surface area contributed by atoms with E-state index in [0.29, 0.717) is 22.9 Å². The van der Waals surface area contributed by atoms with Gasteiger partial charge in [-0.05, 0) is 25.1 Å². The van der Waals surface area contributed by atoms with Gasteiger partial charge in [0.25, 0.3) is 5.78 Å². The highest BCUT2D eigenvalue weighted by atomic mass is 16.5. The number of rotatable bonds is 5. The molecule has 0 aliphatic heterocycles. The van der Waals surface area contributed by atoms with Gasteiger partial charge < -0.3 is 9.64 Å². The fraction of sp³-hybridized carbons (Fsp3) is 0.235. The molecule has 0 saturated carbocycles. The number of aromatic nitrogens is 5. The van der Waals surface area contributed by atoms with Crippen molar-refractivity contribution in [2.24, 2.45) is 0 Å². The number of ether oxygens (including phenoxy) is 1. The van der Waals surface area contributed by atoms with Gasteiger partial charge in [0.05, 0.1) is 12.3 Å². The monoisotopic (exact) mass is 338 g/mol. The number of carbonyl (C=O) groups excluding carboxylic acids is 1. The first kappa shape index (κ1) is 16.6. The highest BCUT2D eigenvalue weighted by Gasteiger charge is 2.18. The highest BCUT2D eigenvalue weighted by molar-refractivity contribution is 5.93. The van der Waals surface area contributed by atoms with Gasteiger partial charge in [-0.2, -0.15) is 9.50 Å². The van der Waals surface area contributed by atoms with Crippen molar-refractivity contribution >= 4 is 17.8 Å². The number of nitrogens with zero attached hydrogens (tertiary/aromatic N) is 6. The summed E-state index contributed by atoms with van der Waals surface area (Å²) in [6.07, 6.45) is 8.42.